The Bertz CT molecular complexity index is 460. The summed E-state index contributed by atoms with van der Waals surface area (Å²) >= 11 is 0. The van der Waals surface area contributed by atoms with E-state index in [1.165, 1.54) is 19.1 Å². The Morgan fingerprint density at radius 2 is 2.00 bits per heavy atom. The van der Waals surface area contributed by atoms with E-state index in [9.17, 15) is 22.4 Å². The Morgan fingerprint density at radius 3 is 2.42 bits per heavy atom. The van der Waals surface area contributed by atoms with Crippen molar-refractivity contribution in [2.75, 3.05) is 13.1 Å². The van der Waals surface area contributed by atoms with Gasteiger partial charge in [-0.25, -0.2) is 9.18 Å². The molecule has 0 fully saturated rings. The van der Waals surface area contributed by atoms with Gasteiger partial charge in [0.25, 0.3) is 0 Å². The predicted molar refractivity (Wildman–Crippen MR) is 60.4 cm³/mol. The number of carboxylic acid groups (broad SMARTS) is 1. The van der Waals surface area contributed by atoms with E-state index in [4.69, 9.17) is 5.11 Å². The molecule has 0 spiro atoms. The molecule has 1 aromatic rings. The van der Waals surface area contributed by atoms with Crippen molar-refractivity contribution in [3.05, 3.63) is 35.1 Å². The van der Waals surface area contributed by atoms with Crippen LogP contribution in [0, 0.1) is 5.82 Å². The molecule has 106 valence electrons. The lowest BCUT2D eigenvalue weighted by atomic mass is 10.1. The molecule has 1 N–H and O–H groups in total. The number of carboxylic acids is 1. The van der Waals surface area contributed by atoms with Crippen molar-refractivity contribution >= 4 is 5.97 Å². The molecule has 0 unspecified atom stereocenters. The Morgan fingerprint density at radius 1 is 1.37 bits per heavy atom. The first-order valence-electron chi connectivity index (χ1n) is 5.53. The van der Waals surface area contributed by atoms with E-state index in [0.717, 1.165) is 11.0 Å². The van der Waals surface area contributed by atoms with Crippen LogP contribution < -0.4 is 0 Å². The molecule has 0 aromatic heterocycles. The predicted octanol–water partition coefficient (Wildman–Crippen LogP) is 2.91. The molecule has 7 heteroatoms. The smallest absolute Gasteiger partial charge is 0.401 e. The Balaban J connectivity index is 2.83. The fraction of sp³-hybridized carbons (Fsp3) is 0.417. The SMILES string of the molecule is CCN(Cc1ccc(C(=O)O)cc1F)CC(F)(F)F. The van der Waals surface area contributed by atoms with Crippen molar-refractivity contribution in [3.8, 4) is 0 Å². The van der Waals surface area contributed by atoms with Crippen LogP contribution in [0.1, 0.15) is 22.8 Å². The monoisotopic (exact) mass is 279 g/mol. The molecule has 0 atom stereocenters. The molecule has 0 saturated heterocycles. The van der Waals surface area contributed by atoms with E-state index in [1.54, 1.807) is 0 Å². The highest BCUT2D eigenvalue weighted by molar-refractivity contribution is 5.87. The maximum Gasteiger partial charge on any atom is 0.401 e. The molecule has 0 aliphatic carbocycles. The minimum absolute atomic E-state index is 0.0381. The van der Waals surface area contributed by atoms with Gasteiger partial charge in [0.2, 0.25) is 0 Å². The number of carbonyl (C=O) groups is 1. The first kappa shape index (κ1) is 15.4. The summed E-state index contributed by atoms with van der Waals surface area (Å²) in [6.07, 6.45) is -4.35. The van der Waals surface area contributed by atoms with Crippen LogP contribution in [0.15, 0.2) is 18.2 Å². The minimum Gasteiger partial charge on any atom is -0.478 e. The number of nitrogens with zero attached hydrogens (tertiary/aromatic N) is 1. The fourth-order valence-corrected chi connectivity index (χ4v) is 1.58. The molecule has 0 aliphatic rings. The summed E-state index contributed by atoms with van der Waals surface area (Å²) in [4.78, 5) is 11.6. The van der Waals surface area contributed by atoms with Crippen molar-refractivity contribution in [1.29, 1.82) is 0 Å². The lowest BCUT2D eigenvalue weighted by Gasteiger charge is -2.22. The van der Waals surface area contributed by atoms with E-state index in [0.29, 0.717) is 0 Å². The average molecular weight is 279 g/mol. The number of benzene rings is 1. The average Bonchev–Trinajstić information content (AvgIpc) is 2.28. The third kappa shape index (κ3) is 4.86. The van der Waals surface area contributed by atoms with Gasteiger partial charge in [0.15, 0.2) is 0 Å². The van der Waals surface area contributed by atoms with Crippen LogP contribution in [0.3, 0.4) is 0 Å². The molecule has 1 rings (SSSR count). The maximum atomic E-state index is 13.6. The quantitative estimate of drug-likeness (QED) is 0.842. The summed E-state index contributed by atoms with van der Waals surface area (Å²) in [5.74, 6) is -2.10. The minimum atomic E-state index is -4.35. The molecule has 0 radical (unpaired) electrons. The van der Waals surface area contributed by atoms with Gasteiger partial charge in [0.05, 0.1) is 12.1 Å². The molecular formula is C12H13F4NO2. The number of hydrogen-bond acceptors (Lipinski definition) is 2. The van der Waals surface area contributed by atoms with E-state index in [-0.39, 0.29) is 24.2 Å². The number of aromatic carboxylic acids is 1. The van der Waals surface area contributed by atoms with Crippen LogP contribution in [-0.2, 0) is 6.54 Å². The van der Waals surface area contributed by atoms with Gasteiger partial charge in [-0.05, 0) is 18.7 Å². The van der Waals surface area contributed by atoms with Crippen LogP contribution in [0.4, 0.5) is 17.6 Å². The lowest BCUT2D eigenvalue weighted by Crippen LogP contribution is -2.33. The molecule has 3 nitrogen and oxygen atoms in total. The van der Waals surface area contributed by atoms with Crippen LogP contribution in [0.2, 0.25) is 0 Å². The van der Waals surface area contributed by atoms with Gasteiger partial charge in [-0.15, -0.1) is 0 Å². The highest BCUT2D eigenvalue weighted by Gasteiger charge is 2.30. The number of alkyl halides is 3. The third-order valence-corrected chi connectivity index (χ3v) is 2.54. The summed E-state index contributed by atoms with van der Waals surface area (Å²) < 4.78 is 50.3. The Hall–Kier alpha value is -1.63. The van der Waals surface area contributed by atoms with Gasteiger partial charge in [-0.2, -0.15) is 13.2 Å². The van der Waals surface area contributed by atoms with E-state index >= 15 is 0 Å². The summed E-state index contributed by atoms with van der Waals surface area (Å²) in [7, 11) is 0. The van der Waals surface area contributed by atoms with Gasteiger partial charge < -0.3 is 5.11 Å². The van der Waals surface area contributed by atoms with Crippen LogP contribution in [0.5, 0.6) is 0 Å². The topological polar surface area (TPSA) is 40.5 Å². The molecule has 1 aromatic carbocycles. The van der Waals surface area contributed by atoms with E-state index < -0.39 is 24.5 Å². The zero-order valence-corrected chi connectivity index (χ0v) is 10.2. The fourth-order valence-electron chi connectivity index (χ4n) is 1.58. The number of halogens is 4. The van der Waals surface area contributed by atoms with Crippen molar-refractivity contribution in [3.63, 3.8) is 0 Å². The number of rotatable bonds is 5. The summed E-state index contributed by atoms with van der Waals surface area (Å²) in [5, 5.41) is 8.66. The van der Waals surface area contributed by atoms with Crippen LogP contribution in [0.25, 0.3) is 0 Å². The van der Waals surface area contributed by atoms with Crippen LogP contribution in [-0.4, -0.2) is 35.2 Å². The van der Waals surface area contributed by atoms with Crippen molar-refractivity contribution in [2.45, 2.75) is 19.6 Å². The molecule has 0 bridgehead atoms. The van der Waals surface area contributed by atoms with Crippen LogP contribution >= 0.6 is 0 Å². The first-order valence-corrected chi connectivity index (χ1v) is 5.53. The normalized spacial score (nSPS) is 11.9. The van der Waals surface area contributed by atoms with E-state index in [2.05, 4.69) is 0 Å². The van der Waals surface area contributed by atoms with Gasteiger partial charge in [0, 0.05) is 12.1 Å². The second-order valence-electron chi connectivity index (χ2n) is 4.03. The third-order valence-electron chi connectivity index (χ3n) is 2.54. The molecule has 0 saturated carbocycles. The number of hydrogen-bond donors (Lipinski definition) is 1. The van der Waals surface area contributed by atoms with Crippen molar-refractivity contribution in [1.82, 2.24) is 4.90 Å². The second kappa shape index (κ2) is 6.01. The molecule has 0 aliphatic heterocycles. The largest absolute Gasteiger partial charge is 0.478 e. The van der Waals surface area contributed by atoms with Gasteiger partial charge in [-0.3, -0.25) is 4.90 Å². The molecule has 0 heterocycles. The second-order valence-corrected chi connectivity index (χ2v) is 4.03. The highest BCUT2D eigenvalue weighted by atomic mass is 19.4. The summed E-state index contributed by atoms with van der Waals surface area (Å²) in [6.45, 7) is 0.292. The van der Waals surface area contributed by atoms with Gasteiger partial charge in [0.1, 0.15) is 5.82 Å². The van der Waals surface area contributed by atoms with Crippen molar-refractivity contribution < 1.29 is 27.5 Å². The standard InChI is InChI=1S/C12H13F4NO2/c1-2-17(7-12(14,15)16)6-9-4-3-8(11(18)19)5-10(9)13/h3-5H,2,6-7H2,1H3,(H,18,19). The summed E-state index contributed by atoms with van der Waals surface area (Å²) in [5.41, 5.74) is -0.198. The summed E-state index contributed by atoms with van der Waals surface area (Å²) in [6, 6.07) is 3.17. The van der Waals surface area contributed by atoms with Crippen molar-refractivity contribution in [2.24, 2.45) is 0 Å². The lowest BCUT2D eigenvalue weighted by molar-refractivity contribution is -0.146. The Kier molecular flexibility index (Phi) is 4.88. The molecule has 19 heavy (non-hydrogen) atoms. The van der Waals surface area contributed by atoms with Gasteiger partial charge >= 0.3 is 12.1 Å². The first-order chi connectivity index (χ1) is 8.73. The van der Waals surface area contributed by atoms with E-state index in [1.807, 2.05) is 0 Å². The zero-order chi connectivity index (χ0) is 14.6. The van der Waals surface area contributed by atoms with Gasteiger partial charge in [-0.1, -0.05) is 13.0 Å². The zero-order valence-electron chi connectivity index (χ0n) is 10.2. The highest BCUT2D eigenvalue weighted by Crippen LogP contribution is 2.19. The maximum absolute atomic E-state index is 13.6. The molecule has 0 amide bonds. The molecular weight excluding hydrogens is 266 g/mol. The Labute approximate surface area is 107 Å².